The summed E-state index contributed by atoms with van der Waals surface area (Å²) in [6, 6.07) is 11.2. The molecule has 0 atom stereocenters. The van der Waals surface area contributed by atoms with E-state index in [9.17, 15) is 9.18 Å². The van der Waals surface area contributed by atoms with Crippen LogP contribution >= 0.6 is 0 Å². The topological polar surface area (TPSA) is 55.1 Å². The fourth-order valence-electron chi connectivity index (χ4n) is 1.75. The van der Waals surface area contributed by atoms with E-state index < -0.39 is 0 Å². The van der Waals surface area contributed by atoms with Crippen molar-refractivity contribution in [3.05, 3.63) is 59.4 Å². The highest BCUT2D eigenvalue weighted by Gasteiger charge is 2.05. The smallest absolute Gasteiger partial charge is 0.228 e. The second-order valence-corrected chi connectivity index (χ2v) is 4.42. The van der Waals surface area contributed by atoms with Crippen LogP contribution in [0.5, 0.6) is 0 Å². The average Bonchev–Trinajstić information content (AvgIpc) is 2.37. The second kappa shape index (κ2) is 5.52. The van der Waals surface area contributed by atoms with Crippen LogP contribution in [0, 0.1) is 12.7 Å². The summed E-state index contributed by atoms with van der Waals surface area (Å²) < 4.78 is 12.7. The third kappa shape index (κ3) is 3.55. The van der Waals surface area contributed by atoms with Gasteiger partial charge in [-0.3, -0.25) is 4.79 Å². The summed E-state index contributed by atoms with van der Waals surface area (Å²) in [5, 5.41) is 2.78. The van der Waals surface area contributed by atoms with Gasteiger partial charge in [-0.15, -0.1) is 0 Å². The van der Waals surface area contributed by atoms with E-state index in [1.807, 2.05) is 13.0 Å². The highest BCUT2D eigenvalue weighted by atomic mass is 19.1. The molecule has 2 aromatic carbocycles. The highest BCUT2D eigenvalue weighted by molar-refractivity contribution is 5.92. The molecule has 0 aliphatic heterocycles. The molecule has 0 aromatic heterocycles. The zero-order valence-electron chi connectivity index (χ0n) is 10.6. The number of aryl methyl sites for hydroxylation is 1. The Morgan fingerprint density at radius 2 is 1.89 bits per heavy atom. The summed E-state index contributed by atoms with van der Waals surface area (Å²) in [5.41, 5.74) is 8.79. The van der Waals surface area contributed by atoms with Gasteiger partial charge in [0.1, 0.15) is 5.82 Å². The zero-order valence-corrected chi connectivity index (χ0v) is 10.6. The minimum Gasteiger partial charge on any atom is -0.399 e. The number of carbonyl (C=O) groups is 1. The summed E-state index contributed by atoms with van der Waals surface area (Å²) >= 11 is 0. The van der Waals surface area contributed by atoms with Crippen LogP contribution in [0.3, 0.4) is 0 Å². The molecule has 0 aliphatic carbocycles. The maximum Gasteiger partial charge on any atom is 0.228 e. The Morgan fingerprint density at radius 3 is 2.53 bits per heavy atom. The third-order valence-electron chi connectivity index (χ3n) is 2.83. The predicted molar refractivity (Wildman–Crippen MR) is 74.3 cm³/mol. The maximum absolute atomic E-state index is 12.7. The standard InChI is InChI=1S/C15H15FN2O/c1-10-8-13(6-7-14(10)17)18-15(19)9-11-2-4-12(16)5-3-11/h2-8H,9,17H2,1H3,(H,18,19). The summed E-state index contributed by atoms with van der Waals surface area (Å²) in [6.45, 7) is 1.88. The van der Waals surface area contributed by atoms with Gasteiger partial charge >= 0.3 is 0 Å². The average molecular weight is 258 g/mol. The number of hydrogen-bond acceptors (Lipinski definition) is 2. The molecule has 98 valence electrons. The number of halogens is 1. The monoisotopic (exact) mass is 258 g/mol. The lowest BCUT2D eigenvalue weighted by Crippen LogP contribution is -2.14. The lowest BCUT2D eigenvalue weighted by Gasteiger charge is -2.07. The molecule has 2 rings (SSSR count). The van der Waals surface area contributed by atoms with E-state index in [1.165, 1.54) is 12.1 Å². The molecule has 0 bridgehead atoms. The normalized spacial score (nSPS) is 10.2. The van der Waals surface area contributed by atoms with Crippen LogP contribution < -0.4 is 11.1 Å². The van der Waals surface area contributed by atoms with E-state index >= 15 is 0 Å². The summed E-state index contributed by atoms with van der Waals surface area (Å²) in [7, 11) is 0. The summed E-state index contributed by atoms with van der Waals surface area (Å²) in [6.07, 6.45) is 0.212. The molecule has 0 heterocycles. The van der Waals surface area contributed by atoms with Gasteiger partial charge in [-0.2, -0.15) is 0 Å². The molecule has 2 aromatic rings. The molecular formula is C15H15FN2O. The Kier molecular flexibility index (Phi) is 3.80. The molecule has 0 radical (unpaired) electrons. The van der Waals surface area contributed by atoms with Crippen molar-refractivity contribution in [2.75, 3.05) is 11.1 Å². The minimum atomic E-state index is -0.307. The van der Waals surface area contributed by atoms with Crippen LogP contribution in [0.1, 0.15) is 11.1 Å². The van der Waals surface area contributed by atoms with E-state index in [-0.39, 0.29) is 18.1 Å². The zero-order chi connectivity index (χ0) is 13.8. The SMILES string of the molecule is Cc1cc(NC(=O)Cc2ccc(F)cc2)ccc1N. The van der Waals surface area contributed by atoms with Crippen molar-refractivity contribution in [2.45, 2.75) is 13.3 Å². The van der Waals surface area contributed by atoms with Gasteiger partial charge in [0.05, 0.1) is 6.42 Å². The molecule has 0 saturated carbocycles. The van der Waals surface area contributed by atoms with Crippen molar-refractivity contribution >= 4 is 17.3 Å². The van der Waals surface area contributed by atoms with Gasteiger partial charge in [-0.05, 0) is 48.4 Å². The van der Waals surface area contributed by atoms with Crippen LogP contribution in [-0.2, 0) is 11.2 Å². The molecular weight excluding hydrogens is 243 g/mol. The lowest BCUT2D eigenvalue weighted by molar-refractivity contribution is -0.115. The van der Waals surface area contributed by atoms with E-state index in [4.69, 9.17) is 5.73 Å². The number of rotatable bonds is 3. The molecule has 0 saturated heterocycles. The third-order valence-corrected chi connectivity index (χ3v) is 2.83. The number of anilines is 2. The molecule has 0 aliphatic rings. The molecule has 0 fully saturated rings. The van der Waals surface area contributed by atoms with Crippen molar-refractivity contribution in [2.24, 2.45) is 0 Å². The lowest BCUT2D eigenvalue weighted by atomic mass is 10.1. The van der Waals surface area contributed by atoms with Crippen molar-refractivity contribution in [3.8, 4) is 0 Å². The van der Waals surface area contributed by atoms with E-state index in [2.05, 4.69) is 5.32 Å². The number of carbonyl (C=O) groups excluding carboxylic acids is 1. The van der Waals surface area contributed by atoms with Crippen LogP contribution in [-0.4, -0.2) is 5.91 Å². The first-order valence-electron chi connectivity index (χ1n) is 5.95. The van der Waals surface area contributed by atoms with Gasteiger partial charge in [0.2, 0.25) is 5.91 Å². The van der Waals surface area contributed by atoms with Crippen LogP contribution in [0.15, 0.2) is 42.5 Å². The first kappa shape index (κ1) is 13.1. The van der Waals surface area contributed by atoms with Crippen LogP contribution in [0.4, 0.5) is 15.8 Å². The fourth-order valence-corrected chi connectivity index (χ4v) is 1.75. The molecule has 0 spiro atoms. The van der Waals surface area contributed by atoms with Gasteiger partial charge in [-0.1, -0.05) is 12.1 Å². The van der Waals surface area contributed by atoms with Gasteiger partial charge < -0.3 is 11.1 Å². The number of benzene rings is 2. The molecule has 4 heteroatoms. The van der Waals surface area contributed by atoms with Crippen molar-refractivity contribution in [1.82, 2.24) is 0 Å². The highest BCUT2D eigenvalue weighted by Crippen LogP contribution is 2.16. The van der Waals surface area contributed by atoms with Crippen molar-refractivity contribution in [1.29, 1.82) is 0 Å². The fraction of sp³-hybridized carbons (Fsp3) is 0.133. The Morgan fingerprint density at radius 1 is 1.21 bits per heavy atom. The Hall–Kier alpha value is -2.36. The molecule has 3 nitrogen and oxygen atoms in total. The van der Waals surface area contributed by atoms with Gasteiger partial charge in [0.15, 0.2) is 0 Å². The number of nitrogens with two attached hydrogens (primary N) is 1. The van der Waals surface area contributed by atoms with E-state index in [0.717, 1.165) is 11.1 Å². The molecule has 0 unspecified atom stereocenters. The Balaban J connectivity index is 2.01. The van der Waals surface area contributed by atoms with E-state index in [0.29, 0.717) is 11.4 Å². The molecule has 19 heavy (non-hydrogen) atoms. The number of nitrogen functional groups attached to an aromatic ring is 1. The minimum absolute atomic E-state index is 0.143. The Labute approximate surface area is 111 Å². The number of amides is 1. The second-order valence-electron chi connectivity index (χ2n) is 4.42. The summed E-state index contributed by atoms with van der Waals surface area (Å²) in [5.74, 6) is -0.450. The molecule has 3 N–H and O–H groups in total. The van der Waals surface area contributed by atoms with E-state index in [1.54, 1.807) is 24.3 Å². The quantitative estimate of drug-likeness (QED) is 0.832. The van der Waals surface area contributed by atoms with Gasteiger partial charge in [-0.25, -0.2) is 4.39 Å². The predicted octanol–water partition coefficient (Wildman–Crippen LogP) is 2.90. The van der Waals surface area contributed by atoms with Crippen molar-refractivity contribution in [3.63, 3.8) is 0 Å². The van der Waals surface area contributed by atoms with Gasteiger partial charge in [0.25, 0.3) is 0 Å². The van der Waals surface area contributed by atoms with Crippen LogP contribution in [0.25, 0.3) is 0 Å². The van der Waals surface area contributed by atoms with Crippen molar-refractivity contribution < 1.29 is 9.18 Å². The number of hydrogen-bond donors (Lipinski definition) is 2. The maximum atomic E-state index is 12.7. The first-order chi connectivity index (χ1) is 9.04. The Bertz CT molecular complexity index is 594. The summed E-state index contributed by atoms with van der Waals surface area (Å²) in [4.78, 5) is 11.8. The van der Waals surface area contributed by atoms with Gasteiger partial charge in [0, 0.05) is 11.4 Å². The largest absolute Gasteiger partial charge is 0.399 e. The first-order valence-corrected chi connectivity index (χ1v) is 5.95. The number of nitrogens with one attached hydrogen (secondary N) is 1. The van der Waals surface area contributed by atoms with Crippen LogP contribution in [0.2, 0.25) is 0 Å². The molecule has 1 amide bonds.